The molecule has 1 aliphatic heterocycles. The molecule has 2 amide bonds. The largest absolute Gasteiger partial charge is 0.481 e. The van der Waals surface area contributed by atoms with Crippen LogP contribution in [0.2, 0.25) is 0 Å². The molecule has 2 aromatic rings. The standard InChI is InChI=1S/C22H23FN2O4/c1-14(26)25-11-10-15-4-2-3-5-18(15)20(25)13-21(27)24-19(12-22(28)29)16-6-8-17(23)9-7-16/h2-9,19-20H,10-13H2,1H3,(H,24,27)(H,28,29)/t19-,20+/m1/s1. The van der Waals surface area contributed by atoms with Gasteiger partial charge in [-0.25, -0.2) is 4.39 Å². The normalized spacial score (nSPS) is 16.6. The van der Waals surface area contributed by atoms with Crippen molar-refractivity contribution in [2.24, 2.45) is 0 Å². The van der Waals surface area contributed by atoms with Gasteiger partial charge in [0, 0.05) is 13.5 Å². The Morgan fingerprint density at radius 1 is 1.17 bits per heavy atom. The molecule has 0 saturated heterocycles. The molecule has 2 atom stereocenters. The Morgan fingerprint density at radius 3 is 2.52 bits per heavy atom. The lowest BCUT2D eigenvalue weighted by Gasteiger charge is -2.36. The van der Waals surface area contributed by atoms with E-state index >= 15 is 0 Å². The topological polar surface area (TPSA) is 86.7 Å². The number of nitrogens with zero attached hydrogens (tertiary/aromatic N) is 1. The fourth-order valence-electron chi connectivity index (χ4n) is 3.80. The molecule has 0 radical (unpaired) electrons. The first kappa shape index (κ1) is 20.5. The SMILES string of the molecule is CC(=O)N1CCc2ccccc2[C@@H]1CC(=O)N[C@H](CC(=O)O)c1ccc(F)cc1. The number of halogens is 1. The van der Waals surface area contributed by atoms with Crippen LogP contribution in [0.5, 0.6) is 0 Å². The van der Waals surface area contributed by atoms with E-state index in [9.17, 15) is 23.9 Å². The van der Waals surface area contributed by atoms with Crippen molar-refractivity contribution in [2.75, 3.05) is 6.54 Å². The molecular weight excluding hydrogens is 375 g/mol. The molecule has 152 valence electrons. The van der Waals surface area contributed by atoms with Crippen molar-refractivity contribution >= 4 is 17.8 Å². The number of carboxylic acids is 1. The van der Waals surface area contributed by atoms with Gasteiger partial charge in [-0.2, -0.15) is 0 Å². The van der Waals surface area contributed by atoms with Crippen molar-refractivity contribution in [3.05, 3.63) is 71.0 Å². The first-order chi connectivity index (χ1) is 13.8. The summed E-state index contributed by atoms with van der Waals surface area (Å²) in [6, 6.07) is 11.9. The van der Waals surface area contributed by atoms with Crippen molar-refractivity contribution in [1.82, 2.24) is 10.2 Å². The van der Waals surface area contributed by atoms with Gasteiger partial charge < -0.3 is 15.3 Å². The number of benzene rings is 2. The predicted octanol–water partition coefficient (Wildman–Crippen LogP) is 2.99. The number of rotatable bonds is 6. The molecule has 0 spiro atoms. The fraction of sp³-hybridized carbons (Fsp3) is 0.318. The second kappa shape index (κ2) is 8.86. The zero-order valence-electron chi connectivity index (χ0n) is 16.1. The number of carboxylic acid groups (broad SMARTS) is 1. The maximum Gasteiger partial charge on any atom is 0.305 e. The number of hydrogen-bond acceptors (Lipinski definition) is 3. The van der Waals surface area contributed by atoms with Gasteiger partial charge in [0.05, 0.1) is 24.9 Å². The van der Waals surface area contributed by atoms with E-state index in [0.29, 0.717) is 12.1 Å². The molecule has 0 saturated carbocycles. The number of aliphatic carboxylic acids is 1. The van der Waals surface area contributed by atoms with Gasteiger partial charge in [0.15, 0.2) is 0 Å². The van der Waals surface area contributed by atoms with E-state index in [1.54, 1.807) is 4.90 Å². The molecule has 29 heavy (non-hydrogen) atoms. The lowest BCUT2D eigenvalue weighted by molar-refractivity contribution is -0.137. The molecule has 0 bridgehead atoms. The Morgan fingerprint density at radius 2 is 1.86 bits per heavy atom. The second-order valence-corrected chi connectivity index (χ2v) is 7.15. The summed E-state index contributed by atoms with van der Waals surface area (Å²) in [4.78, 5) is 37.8. The Bertz CT molecular complexity index is 913. The number of nitrogens with one attached hydrogen (secondary N) is 1. The van der Waals surface area contributed by atoms with Crippen molar-refractivity contribution < 1.29 is 23.9 Å². The third-order valence-electron chi connectivity index (χ3n) is 5.18. The van der Waals surface area contributed by atoms with Crippen molar-refractivity contribution in [1.29, 1.82) is 0 Å². The Hall–Kier alpha value is -3.22. The summed E-state index contributed by atoms with van der Waals surface area (Å²) in [6.45, 7) is 2.01. The molecule has 2 aromatic carbocycles. The van der Waals surface area contributed by atoms with Crippen molar-refractivity contribution in [3.63, 3.8) is 0 Å². The van der Waals surface area contributed by atoms with Gasteiger partial charge in [0.1, 0.15) is 5.82 Å². The number of carbonyl (C=O) groups is 3. The molecule has 0 aliphatic carbocycles. The minimum Gasteiger partial charge on any atom is -0.481 e. The van der Waals surface area contributed by atoms with Gasteiger partial charge in [-0.1, -0.05) is 36.4 Å². The number of hydrogen-bond donors (Lipinski definition) is 2. The monoisotopic (exact) mass is 398 g/mol. The van der Waals surface area contributed by atoms with Crippen LogP contribution in [-0.4, -0.2) is 34.3 Å². The molecule has 1 heterocycles. The fourth-order valence-corrected chi connectivity index (χ4v) is 3.80. The van der Waals surface area contributed by atoms with Crippen LogP contribution >= 0.6 is 0 Å². The summed E-state index contributed by atoms with van der Waals surface area (Å²) < 4.78 is 13.2. The average molecular weight is 398 g/mol. The lowest BCUT2D eigenvalue weighted by Crippen LogP contribution is -2.41. The summed E-state index contributed by atoms with van der Waals surface area (Å²) in [5.74, 6) is -2.00. The zero-order chi connectivity index (χ0) is 21.0. The molecule has 7 heteroatoms. The van der Waals surface area contributed by atoms with Gasteiger partial charge in [-0.05, 0) is 35.2 Å². The van der Waals surface area contributed by atoms with E-state index in [1.165, 1.54) is 31.2 Å². The highest BCUT2D eigenvalue weighted by Crippen LogP contribution is 2.32. The van der Waals surface area contributed by atoms with Crippen LogP contribution in [0.15, 0.2) is 48.5 Å². The van der Waals surface area contributed by atoms with E-state index in [2.05, 4.69) is 5.32 Å². The van der Waals surface area contributed by atoms with E-state index in [0.717, 1.165) is 17.5 Å². The molecule has 0 fully saturated rings. The molecule has 1 aliphatic rings. The van der Waals surface area contributed by atoms with Crippen LogP contribution in [0.3, 0.4) is 0 Å². The van der Waals surface area contributed by atoms with Gasteiger partial charge in [0.25, 0.3) is 0 Å². The average Bonchev–Trinajstić information content (AvgIpc) is 2.67. The van der Waals surface area contributed by atoms with Crippen LogP contribution in [0.4, 0.5) is 4.39 Å². The first-order valence-corrected chi connectivity index (χ1v) is 9.46. The highest BCUT2D eigenvalue weighted by Gasteiger charge is 2.31. The summed E-state index contributed by atoms with van der Waals surface area (Å²) in [5.41, 5.74) is 2.54. The maximum atomic E-state index is 13.2. The second-order valence-electron chi connectivity index (χ2n) is 7.15. The maximum absolute atomic E-state index is 13.2. The molecule has 0 unspecified atom stereocenters. The highest BCUT2D eigenvalue weighted by atomic mass is 19.1. The summed E-state index contributed by atoms with van der Waals surface area (Å²) in [6.07, 6.45) is 0.425. The van der Waals surface area contributed by atoms with E-state index in [4.69, 9.17) is 0 Å². The van der Waals surface area contributed by atoms with Crippen molar-refractivity contribution in [3.8, 4) is 0 Å². The Labute approximate surface area is 168 Å². The van der Waals surface area contributed by atoms with Crippen molar-refractivity contribution in [2.45, 2.75) is 38.3 Å². The quantitative estimate of drug-likeness (QED) is 0.783. The zero-order valence-corrected chi connectivity index (χ0v) is 16.1. The molecule has 3 rings (SSSR count). The third kappa shape index (κ3) is 4.99. The molecular formula is C22H23FN2O4. The molecule has 0 aromatic heterocycles. The summed E-state index contributed by atoms with van der Waals surface area (Å²) in [5, 5.41) is 11.9. The van der Waals surface area contributed by atoms with Crippen LogP contribution in [0, 0.1) is 5.82 Å². The Balaban J connectivity index is 1.80. The van der Waals surface area contributed by atoms with Crippen LogP contribution < -0.4 is 5.32 Å². The highest BCUT2D eigenvalue weighted by molar-refractivity contribution is 5.80. The Kier molecular flexibility index (Phi) is 6.26. The van der Waals surface area contributed by atoms with E-state index in [-0.39, 0.29) is 24.7 Å². The number of amides is 2. The minimum atomic E-state index is -1.08. The van der Waals surface area contributed by atoms with Crippen LogP contribution in [0.25, 0.3) is 0 Å². The smallest absolute Gasteiger partial charge is 0.305 e. The number of fused-ring (bicyclic) bond motifs is 1. The number of carbonyl (C=O) groups excluding carboxylic acids is 2. The van der Waals surface area contributed by atoms with Crippen LogP contribution in [0.1, 0.15) is 48.5 Å². The molecule has 2 N–H and O–H groups in total. The first-order valence-electron chi connectivity index (χ1n) is 9.46. The third-order valence-corrected chi connectivity index (χ3v) is 5.18. The van der Waals surface area contributed by atoms with E-state index < -0.39 is 23.9 Å². The lowest BCUT2D eigenvalue weighted by atomic mass is 9.90. The summed E-state index contributed by atoms with van der Waals surface area (Å²) in [7, 11) is 0. The van der Waals surface area contributed by atoms with Gasteiger partial charge in [-0.15, -0.1) is 0 Å². The summed E-state index contributed by atoms with van der Waals surface area (Å²) >= 11 is 0. The predicted molar refractivity (Wildman–Crippen MR) is 104 cm³/mol. The minimum absolute atomic E-state index is 0.0217. The van der Waals surface area contributed by atoms with Gasteiger partial charge >= 0.3 is 5.97 Å². The van der Waals surface area contributed by atoms with Crippen LogP contribution in [-0.2, 0) is 20.8 Å². The van der Waals surface area contributed by atoms with Gasteiger partial charge in [0.2, 0.25) is 11.8 Å². The van der Waals surface area contributed by atoms with Gasteiger partial charge in [-0.3, -0.25) is 14.4 Å². The molecule has 6 nitrogen and oxygen atoms in total. The van der Waals surface area contributed by atoms with E-state index in [1.807, 2.05) is 24.3 Å².